The number of rotatable bonds is 7. The van der Waals surface area contributed by atoms with Crippen LogP contribution in [0, 0.1) is 5.82 Å². The van der Waals surface area contributed by atoms with E-state index in [9.17, 15) is 14.0 Å². The lowest BCUT2D eigenvalue weighted by molar-refractivity contribution is -0.137. The summed E-state index contributed by atoms with van der Waals surface area (Å²) in [5, 5.41) is 11.7. The molecule has 1 heterocycles. The summed E-state index contributed by atoms with van der Waals surface area (Å²) in [4.78, 5) is 23.4. The van der Waals surface area contributed by atoms with Gasteiger partial charge in [0.05, 0.1) is 24.3 Å². The first-order valence-corrected chi connectivity index (χ1v) is 7.35. The molecule has 1 amide bonds. The second-order valence-corrected chi connectivity index (χ2v) is 5.18. The second-order valence-electron chi connectivity index (χ2n) is 5.18. The standard InChI is InChI=1S/C17H18FNO4/c1-2-3-15-13(8-9-23-15)17(22)19-14(10-16(20)21)11-4-6-12(18)7-5-11/h4-9,14H,2-3,10H2,1H3,(H,19,22)(H,20,21). The fourth-order valence-electron chi connectivity index (χ4n) is 2.32. The van der Waals surface area contributed by atoms with Crippen molar-refractivity contribution >= 4 is 11.9 Å². The summed E-state index contributed by atoms with van der Waals surface area (Å²) >= 11 is 0. The molecular formula is C17H18FNO4. The third-order valence-corrected chi connectivity index (χ3v) is 3.42. The molecule has 0 spiro atoms. The largest absolute Gasteiger partial charge is 0.481 e. The first-order chi connectivity index (χ1) is 11.0. The van der Waals surface area contributed by atoms with Crippen molar-refractivity contribution in [3.63, 3.8) is 0 Å². The van der Waals surface area contributed by atoms with Crippen LogP contribution in [0.4, 0.5) is 4.39 Å². The van der Waals surface area contributed by atoms with Crippen molar-refractivity contribution in [3.05, 3.63) is 59.3 Å². The number of amides is 1. The number of aliphatic carboxylic acids is 1. The zero-order valence-corrected chi connectivity index (χ0v) is 12.7. The van der Waals surface area contributed by atoms with E-state index in [4.69, 9.17) is 9.52 Å². The van der Waals surface area contributed by atoms with Gasteiger partial charge in [-0.1, -0.05) is 19.1 Å². The van der Waals surface area contributed by atoms with Gasteiger partial charge in [-0.2, -0.15) is 0 Å². The van der Waals surface area contributed by atoms with Crippen LogP contribution in [0.1, 0.15) is 47.5 Å². The molecule has 1 aromatic heterocycles. The number of furan rings is 1. The molecule has 0 saturated heterocycles. The van der Waals surface area contributed by atoms with Crippen molar-refractivity contribution < 1.29 is 23.5 Å². The number of carboxylic acids is 1. The number of nitrogens with one attached hydrogen (secondary N) is 1. The monoisotopic (exact) mass is 319 g/mol. The van der Waals surface area contributed by atoms with E-state index in [-0.39, 0.29) is 6.42 Å². The predicted molar refractivity (Wildman–Crippen MR) is 81.6 cm³/mol. The summed E-state index contributed by atoms with van der Waals surface area (Å²) in [5.41, 5.74) is 0.923. The molecule has 1 aromatic carbocycles. The molecule has 1 atom stereocenters. The Hall–Kier alpha value is -2.63. The van der Waals surface area contributed by atoms with Gasteiger partial charge in [-0.3, -0.25) is 9.59 Å². The lowest BCUT2D eigenvalue weighted by Crippen LogP contribution is -2.30. The average Bonchev–Trinajstić information content (AvgIpc) is 2.95. The molecule has 0 radical (unpaired) electrons. The van der Waals surface area contributed by atoms with Crippen LogP contribution in [0.3, 0.4) is 0 Å². The normalized spacial score (nSPS) is 11.9. The first-order valence-electron chi connectivity index (χ1n) is 7.35. The van der Waals surface area contributed by atoms with Crippen LogP contribution in [0.25, 0.3) is 0 Å². The van der Waals surface area contributed by atoms with Crippen LogP contribution in [0.2, 0.25) is 0 Å². The number of benzene rings is 1. The molecule has 6 heteroatoms. The van der Waals surface area contributed by atoms with Gasteiger partial charge < -0.3 is 14.8 Å². The van der Waals surface area contributed by atoms with Crippen LogP contribution < -0.4 is 5.32 Å². The molecule has 2 aromatic rings. The lowest BCUT2D eigenvalue weighted by atomic mass is 10.0. The minimum atomic E-state index is -1.05. The minimum Gasteiger partial charge on any atom is -0.481 e. The van der Waals surface area contributed by atoms with Gasteiger partial charge in [-0.15, -0.1) is 0 Å². The van der Waals surface area contributed by atoms with E-state index in [1.54, 1.807) is 6.07 Å². The molecule has 0 aliphatic carbocycles. The third-order valence-electron chi connectivity index (χ3n) is 3.42. The van der Waals surface area contributed by atoms with Crippen molar-refractivity contribution in [2.24, 2.45) is 0 Å². The van der Waals surface area contributed by atoms with Crippen LogP contribution in [-0.4, -0.2) is 17.0 Å². The summed E-state index contributed by atoms with van der Waals surface area (Å²) in [7, 11) is 0. The van der Waals surface area contributed by atoms with E-state index >= 15 is 0 Å². The molecule has 0 bridgehead atoms. The Kier molecular flexibility index (Phi) is 5.51. The van der Waals surface area contributed by atoms with Gasteiger partial charge in [0.25, 0.3) is 5.91 Å². The third kappa shape index (κ3) is 4.42. The Morgan fingerprint density at radius 1 is 1.26 bits per heavy atom. The molecular weight excluding hydrogens is 301 g/mol. The molecule has 0 saturated carbocycles. The number of carbonyl (C=O) groups excluding carboxylic acids is 1. The highest BCUT2D eigenvalue weighted by atomic mass is 19.1. The van der Waals surface area contributed by atoms with Gasteiger partial charge in [0.1, 0.15) is 11.6 Å². The Balaban J connectivity index is 2.19. The molecule has 2 rings (SSSR count). The molecule has 0 aliphatic rings. The number of carbonyl (C=O) groups is 2. The van der Waals surface area contributed by atoms with Crippen molar-refractivity contribution in [1.82, 2.24) is 5.32 Å². The Labute approximate surface area is 133 Å². The summed E-state index contributed by atoms with van der Waals surface area (Å²) in [6.45, 7) is 1.97. The van der Waals surface area contributed by atoms with Gasteiger partial charge in [-0.05, 0) is 30.2 Å². The molecule has 0 fully saturated rings. The summed E-state index contributed by atoms with van der Waals surface area (Å²) in [5.74, 6) is -1.31. The Morgan fingerprint density at radius 2 is 1.96 bits per heavy atom. The number of hydrogen-bond donors (Lipinski definition) is 2. The SMILES string of the molecule is CCCc1occc1C(=O)NC(CC(=O)O)c1ccc(F)cc1. The van der Waals surface area contributed by atoms with E-state index in [1.807, 2.05) is 6.92 Å². The number of carboxylic acid groups (broad SMARTS) is 1. The predicted octanol–water partition coefficient (Wildman–Crippen LogP) is 3.32. The maximum Gasteiger partial charge on any atom is 0.305 e. The molecule has 23 heavy (non-hydrogen) atoms. The molecule has 0 aliphatic heterocycles. The number of halogens is 1. The van der Waals surface area contributed by atoms with Gasteiger partial charge in [0.15, 0.2) is 0 Å². The summed E-state index contributed by atoms with van der Waals surface area (Å²) in [6.07, 6.45) is 2.59. The molecule has 1 unspecified atom stereocenters. The van der Waals surface area contributed by atoms with Crippen molar-refractivity contribution in [2.45, 2.75) is 32.2 Å². The smallest absolute Gasteiger partial charge is 0.305 e. The molecule has 122 valence electrons. The number of hydrogen-bond acceptors (Lipinski definition) is 3. The van der Waals surface area contributed by atoms with E-state index < -0.39 is 23.7 Å². The van der Waals surface area contributed by atoms with E-state index in [1.165, 1.54) is 30.5 Å². The summed E-state index contributed by atoms with van der Waals surface area (Å²) in [6, 6.07) is 6.21. The first kappa shape index (κ1) is 16.7. The summed E-state index contributed by atoms with van der Waals surface area (Å²) < 4.78 is 18.3. The molecule has 5 nitrogen and oxygen atoms in total. The van der Waals surface area contributed by atoms with E-state index in [0.29, 0.717) is 23.3 Å². The highest BCUT2D eigenvalue weighted by Gasteiger charge is 2.21. The zero-order valence-electron chi connectivity index (χ0n) is 12.7. The van der Waals surface area contributed by atoms with Gasteiger partial charge in [0, 0.05) is 6.42 Å². The van der Waals surface area contributed by atoms with Crippen molar-refractivity contribution in [1.29, 1.82) is 0 Å². The fourth-order valence-corrected chi connectivity index (χ4v) is 2.32. The lowest BCUT2D eigenvalue weighted by Gasteiger charge is -2.17. The van der Waals surface area contributed by atoms with Crippen LogP contribution in [0.5, 0.6) is 0 Å². The van der Waals surface area contributed by atoms with Crippen LogP contribution in [-0.2, 0) is 11.2 Å². The fraction of sp³-hybridized carbons (Fsp3) is 0.294. The second kappa shape index (κ2) is 7.58. The van der Waals surface area contributed by atoms with Crippen LogP contribution in [0.15, 0.2) is 41.0 Å². The Morgan fingerprint density at radius 3 is 2.57 bits per heavy atom. The topological polar surface area (TPSA) is 79.5 Å². The highest BCUT2D eigenvalue weighted by molar-refractivity contribution is 5.95. The zero-order chi connectivity index (χ0) is 16.8. The van der Waals surface area contributed by atoms with Crippen LogP contribution >= 0.6 is 0 Å². The van der Waals surface area contributed by atoms with Gasteiger partial charge >= 0.3 is 5.97 Å². The quantitative estimate of drug-likeness (QED) is 0.820. The molecule has 2 N–H and O–H groups in total. The maximum absolute atomic E-state index is 13.0. The number of aryl methyl sites for hydroxylation is 1. The van der Waals surface area contributed by atoms with E-state index in [0.717, 1.165) is 6.42 Å². The van der Waals surface area contributed by atoms with Crippen molar-refractivity contribution in [3.8, 4) is 0 Å². The van der Waals surface area contributed by atoms with Gasteiger partial charge in [-0.25, -0.2) is 4.39 Å². The minimum absolute atomic E-state index is 0.293. The van der Waals surface area contributed by atoms with Gasteiger partial charge in [0.2, 0.25) is 0 Å². The average molecular weight is 319 g/mol. The Bertz CT molecular complexity index is 678. The highest BCUT2D eigenvalue weighted by Crippen LogP contribution is 2.20. The van der Waals surface area contributed by atoms with E-state index in [2.05, 4.69) is 5.32 Å². The maximum atomic E-state index is 13.0. The van der Waals surface area contributed by atoms with Crippen molar-refractivity contribution in [2.75, 3.05) is 0 Å².